The molecule has 91 heavy (non-hydrogen) atoms. The van der Waals surface area contributed by atoms with Crippen molar-refractivity contribution in [1.29, 1.82) is 0 Å². The number of carbonyl (C=O) groups is 12. The van der Waals surface area contributed by atoms with E-state index in [1.54, 1.807) is 57.2 Å². The number of fused-ring (bicyclic) bond motifs is 5. The maximum absolute atomic E-state index is 15.4. The first kappa shape index (κ1) is 67.1. The first-order valence-corrected chi connectivity index (χ1v) is 32.2. The number of esters is 1. The average Bonchev–Trinajstić information content (AvgIpc) is 1.63. The molecule has 0 bridgehead atoms. The molecule has 9 rings (SSSR count). The number of benzene rings is 2. The molecular formula is C66H76FN7O16S. The highest BCUT2D eigenvalue weighted by Gasteiger charge is 2.46. The zero-order valence-corrected chi connectivity index (χ0v) is 52.0. The zero-order chi connectivity index (χ0) is 65.4. The number of nitrogens with zero attached hydrogens (tertiary/aromatic N) is 3. The van der Waals surface area contributed by atoms with Crippen LogP contribution in [0.5, 0.6) is 0 Å². The third-order valence-electron chi connectivity index (χ3n) is 18.3. The summed E-state index contributed by atoms with van der Waals surface area (Å²) in [5.41, 5.74) is 2.03. The summed E-state index contributed by atoms with van der Waals surface area (Å²) in [4.78, 5) is 175. The SMILES string of the molecule is CC[C@@]1(O)C(=O)OCc2c1cc1n(c2=O)Cc2c-1nc1cc(F)c(C)c3c1c2[C@@H](NC(=O)CCCNC(=O)CCC(=O)[C@H](Cc1ccccc1)NC(=O)CCC(=O)CNC(=O)[C@H](CC(=O)O)CC(=O)CCSC1CC(=O)N(CC2CCC(C(C)=O)CC2)C1=O)CC3. The Morgan fingerprint density at radius 1 is 0.846 bits per heavy atom. The minimum Gasteiger partial charge on any atom is -0.481 e. The van der Waals surface area contributed by atoms with Crippen LogP contribution in [-0.2, 0) is 93.9 Å². The molecule has 1 saturated heterocycles. The number of carbonyl (C=O) groups excluding carboxylic acids is 11. The molecule has 484 valence electrons. The van der Waals surface area contributed by atoms with Crippen LogP contribution in [0.4, 0.5) is 4.39 Å². The molecule has 5 atom stereocenters. The number of likely N-dealkylation sites (tertiary alicyclic amines) is 1. The van der Waals surface area contributed by atoms with Gasteiger partial charge in [-0.1, -0.05) is 37.3 Å². The molecule has 0 radical (unpaired) electrons. The zero-order valence-electron chi connectivity index (χ0n) is 51.2. The summed E-state index contributed by atoms with van der Waals surface area (Å²) in [6, 6.07) is 10.1. The molecular weight excluding hydrogens is 1200 g/mol. The Balaban J connectivity index is 0.712. The standard InChI is InChI=1S/C66H76FN7O16S/c1-4-66(89)46-28-51-61-44(33-73(51)63(86)45(46)34-90-65(66)88)60-48(18-17-43-35(2)47(67)29-50(72-61)59(43)60)70-55(80)11-8-23-68-54(79)21-19-52(78)49(25-37-9-6-5-7-10-37)71-56(81)20-16-42(77)31-69-62(85)40(27-58(83)84)26-41(76)22-24-91-53-30-57(82)74(64(53)87)32-38-12-14-39(15-13-38)36(3)75/h5-7,9-10,28-29,38-40,48-49,53,89H,4,8,11-27,30-34H2,1-3H3,(H,68,79)(H,69,85)(H,70,80)(H,71,81)(H,83,84)/t38?,39?,40-,48-,49-,53?,66-/m0/s1. The van der Waals surface area contributed by atoms with E-state index < -0.39 is 107 Å². The Morgan fingerprint density at radius 2 is 1.58 bits per heavy atom. The maximum atomic E-state index is 15.4. The number of aliphatic carboxylic acids is 1. The summed E-state index contributed by atoms with van der Waals surface area (Å²) >= 11 is 1.15. The van der Waals surface area contributed by atoms with Crippen molar-refractivity contribution in [3.63, 3.8) is 0 Å². The Bertz CT molecular complexity index is 3680. The van der Waals surface area contributed by atoms with Crippen molar-refractivity contribution < 1.29 is 76.9 Å². The van der Waals surface area contributed by atoms with Gasteiger partial charge < -0.3 is 40.8 Å². The van der Waals surface area contributed by atoms with Crippen molar-refractivity contribution in [1.82, 2.24) is 35.7 Å². The van der Waals surface area contributed by atoms with Gasteiger partial charge in [0.05, 0.1) is 65.2 Å². The van der Waals surface area contributed by atoms with E-state index in [2.05, 4.69) is 21.3 Å². The highest BCUT2D eigenvalue weighted by atomic mass is 32.2. The monoisotopic (exact) mass is 1270 g/mol. The van der Waals surface area contributed by atoms with Gasteiger partial charge >= 0.3 is 11.9 Å². The third-order valence-corrected chi connectivity index (χ3v) is 19.6. The molecule has 2 aromatic heterocycles. The topological polar surface area (TPSA) is 341 Å². The minimum atomic E-state index is -2.05. The number of amides is 6. The fourth-order valence-corrected chi connectivity index (χ4v) is 14.3. The van der Waals surface area contributed by atoms with E-state index in [0.29, 0.717) is 57.4 Å². The number of aromatic nitrogens is 2. The van der Waals surface area contributed by atoms with E-state index in [9.17, 15) is 72.5 Å². The van der Waals surface area contributed by atoms with E-state index in [0.717, 1.165) is 43.0 Å². The maximum Gasteiger partial charge on any atom is 0.343 e. The van der Waals surface area contributed by atoms with Gasteiger partial charge in [0.15, 0.2) is 17.2 Å². The lowest BCUT2D eigenvalue weighted by Crippen LogP contribution is -2.44. The van der Waals surface area contributed by atoms with Gasteiger partial charge in [-0.2, -0.15) is 0 Å². The minimum absolute atomic E-state index is 0.00493. The predicted octanol–water partition coefficient (Wildman–Crippen LogP) is 4.77. The first-order chi connectivity index (χ1) is 43.4. The summed E-state index contributed by atoms with van der Waals surface area (Å²) in [6.07, 6.45) is 1.47. The highest BCUT2D eigenvalue weighted by molar-refractivity contribution is 8.00. The number of ketones is 4. The van der Waals surface area contributed by atoms with Crippen molar-refractivity contribution in [2.75, 3.05) is 25.4 Å². The lowest BCUT2D eigenvalue weighted by Gasteiger charge is -2.31. The molecule has 3 aliphatic heterocycles. The average molecular weight is 1270 g/mol. The van der Waals surface area contributed by atoms with Crippen molar-refractivity contribution in [2.24, 2.45) is 17.8 Å². The molecule has 4 aromatic rings. The summed E-state index contributed by atoms with van der Waals surface area (Å²) in [5.74, 6) is -8.05. The number of nitrogens with one attached hydrogen (secondary N) is 4. The normalized spacial score (nSPS) is 20.4. The van der Waals surface area contributed by atoms with Crippen LogP contribution in [0.15, 0.2) is 47.3 Å². The molecule has 2 aromatic carbocycles. The van der Waals surface area contributed by atoms with Crippen molar-refractivity contribution in [3.05, 3.63) is 97.6 Å². The molecule has 1 unspecified atom stereocenters. The van der Waals surface area contributed by atoms with Gasteiger partial charge in [-0.05, 0) is 106 Å². The van der Waals surface area contributed by atoms with Crippen LogP contribution in [0.1, 0.15) is 162 Å². The van der Waals surface area contributed by atoms with Crippen LogP contribution in [0, 0.1) is 30.5 Å². The summed E-state index contributed by atoms with van der Waals surface area (Å²) in [7, 11) is 0. The van der Waals surface area contributed by atoms with Crippen LogP contribution >= 0.6 is 11.8 Å². The van der Waals surface area contributed by atoms with Crippen LogP contribution in [0.3, 0.4) is 0 Å². The van der Waals surface area contributed by atoms with Gasteiger partial charge in [0, 0.05) is 98.7 Å². The highest BCUT2D eigenvalue weighted by Crippen LogP contribution is 2.46. The van der Waals surface area contributed by atoms with E-state index >= 15 is 4.39 Å². The number of cyclic esters (lactones) is 1. The number of aliphatic hydroxyl groups is 1. The van der Waals surface area contributed by atoms with E-state index in [1.807, 2.05) is 0 Å². The number of imide groups is 1. The Morgan fingerprint density at radius 3 is 2.30 bits per heavy atom. The van der Waals surface area contributed by atoms with E-state index in [4.69, 9.17) is 9.72 Å². The van der Waals surface area contributed by atoms with Gasteiger partial charge in [0.25, 0.3) is 5.56 Å². The number of pyridine rings is 2. The van der Waals surface area contributed by atoms with Gasteiger partial charge in [-0.3, -0.25) is 62.4 Å². The molecule has 2 aliphatic carbocycles. The van der Waals surface area contributed by atoms with E-state index in [1.165, 1.54) is 15.5 Å². The Kier molecular flexibility index (Phi) is 21.6. The predicted molar refractivity (Wildman–Crippen MR) is 328 cm³/mol. The van der Waals surface area contributed by atoms with Crippen LogP contribution < -0.4 is 26.8 Å². The fourth-order valence-electron chi connectivity index (χ4n) is 13.1. The van der Waals surface area contributed by atoms with Crippen molar-refractivity contribution in [2.45, 2.75) is 172 Å². The molecule has 5 heterocycles. The second-order valence-corrected chi connectivity index (χ2v) is 25.8. The summed E-state index contributed by atoms with van der Waals surface area (Å²) in [6.45, 7) is 4.41. The lowest BCUT2D eigenvalue weighted by molar-refractivity contribution is -0.172. The van der Waals surface area contributed by atoms with Gasteiger partial charge in [-0.25, -0.2) is 14.2 Å². The number of halogens is 1. The number of hydrogen-bond acceptors (Lipinski definition) is 17. The summed E-state index contributed by atoms with van der Waals surface area (Å²) in [5, 5.41) is 31.8. The van der Waals surface area contributed by atoms with Crippen LogP contribution in [0.25, 0.3) is 22.3 Å². The molecule has 23 nitrogen and oxygen atoms in total. The van der Waals surface area contributed by atoms with Crippen LogP contribution in [0.2, 0.25) is 0 Å². The third kappa shape index (κ3) is 15.5. The van der Waals surface area contributed by atoms with Crippen LogP contribution in [-0.4, -0.2) is 132 Å². The van der Waals surface area contributed by atoms with Crippen molar-refractivity contribution in [3.8, 4) is 11.4 Å². The number of aryl methyl sites for hydroxylation is 1. The first-order valence-electron chi connectivity index (χ1n) is 31.2. The molecule has 0 spiro atoms. The number of ether oxygens (including phenoxy) is 1. The Labute approximate surface area is 528 Å². The molecule has 1 saturated carbocycles. The quantitative estimate of drug-likeness (QED) is 0.0205. The smallest absolute Gasteiger partial charge is 0.343 e. The Hall–Kier alpha value is -8.32. The number of carboxylic acid groups (broad SMARTS) is 1. The second kappa shape index (κ2) is 29.3. The molecule has 5 aliphatic rings. The van der Waals surface area contributed by atoms with Crippen molar-refractivity contribution >= 4 is 93.2 Å². The number of rotatable bonds is 30. The largest absolute Gasteiger partial charge is 0.481 e. The summed E-state index contributed by atoms with van der Waals surface area (Å²) < 4.78 is 22.2. The lowest BCUT2D eigenvalue weighted by atomic mass is 9.80. The second-order valence-electron chi connectivity index (χ2n) is 24.5. The van der Waals surface area contributed by atoms with E-state index in [-0.39, 0.29) is 143 Å². The van der Waals surface area contributed by atoms with Gasteiger partial charge in [0.2, 0.25) is 35.4 Å². The molecule has 2 fully saturated rings. The number of carboxylic acids is 1. The fraction of sp³-hybridized carbons (Fsp3) is 0.515. The van der Waals surface area contributed by atoms with Gasteiger partial charge in [-0.15, -0.1) is 11.8 Å². The number of Topliss-reactive ketones (excluding diaryl/α,β-unsaturated/α-hetero) is 4. The molecule has 6 amide bonds. The number of hydrogen-bond donors (Lipinski definition) is 6. The molecule has 6 N–H and O–H groups in total. The number of thioether (sulfide) groups is 1. The van der Waals surface area contributed by atoms with Gasteiger partial charge in [0.1, 0.15) is 24.0 Å². The molecule has 25 heteroatoms.